The summed E-state index contributed by atoms with van der Waals surface area (Å²) in [7, 11) is 0. The largest absolute Gasteiger partial charge is 0.481 e. The minimum atomic E-state index is -0.540. The van der Waals surface area contributed by atoms with E-state index in [0.29, 0.717) is 6.54 Å². The number of carbonyl (C=O) groups excluding carboxylic acids is 1. The molecule has 0 unspecified atom stereocenters. The van der Waals surface area contributed by atoms with Gasteiger partial charge in [0.05, 0.1) is 13.2 Å². The van der Waals surface area contributed by atoms with Crippen molar-refractivity contribution in [1.82, 2.24) is 10.2 Å². The molecule has 0 spiro atoms. The summed E-state index contributed by atoms with van der Waals surface area (Å²) in [4.78, 5) is 14.8. The SMILES string of the molecule is Cc1ccc(O[C@H](C)C(=O)NCc2ccc(CN3CCOCC3)cc2)c(C)c1. The van der Waals surface area contributed by atoms with Gasteiger partial charge in [-0.1, -0.05) is 42.0 Å². The highest BCUT2D eigenvalue weighted by molar-refractivity contribution is 5.80. The third kappa shape index (κ3) is 5.81. The third-order valence-electron chi connectivity index (χ3n) is 5.00. The molecule has 1 aliphatic rings. The highest BCUT2D eigenvalue weighted by Gasteiger charge is 2.15. The van der Waals surface area contributed by atoms with E-state index in [1.165, 1.54) is 11.1 Å². The van der Waals surface area contributed by atoms with Gasteiger partial charge in [-0.15, -0.1) is 0 Å². The van der Waals surface area contributed by atoms with E-state index in [4.69, 9.17) is 9.47 Å². The summed E-state index contributed by atoms with van der Waals surface area (Å²) in [5, 5.41) is 2.96. The van der Waals surface area contributed by atoms with E-state index >= 15 is 0 Å². The Hall–Kier alpha value is -2.37. The van der Waals surface area contributed by atoms with Crippen molar-refractivity contribution in [2.75, 3.05) is 26.3 Å². The first-order valence-electron chi connectivity index (χ1n) is 9.91. The van der Waals surface area contributed by atoms with E-state index in [-0.39, 0.29) is 5.91 Å². The molecule has 3 rings (SSSR count). The van der Waals surface area contributed by atoms with Crippen LogP contribution in [0.4, 0.5) is 0 Å². The van der Waals surface area contributed by atoms with Crippen molar-refractivity contribution >= 4 is 5.91 Å². The van der Waals surface area contributed by atoms with Gasteiger partial charge in [-0.05, 0) is 43.5 Å². The zero-order chi connectivity index (χ0) is 19.9. The van der Waals surface area contributed by atoms with Crippen LogP contribution in [0.5, 0.6) is 5.75 Å². The number of carbonyl (C=O) groups is 1. The normalized spacial score (nSPS) is 15.8. The Morgan fingerprint density at radius 3 is 2.46 bits per heavy atom. The van der Waals surface area contributed by atoms with E-state index in [2.05, 4.69) is 40.5 Å². The van der Waals surface area contributed by atoms with Crippen molar-refractivity contribution in [3.63, 3.8) is 0 Å². The Bertz CT molecular complexity index is 783. The number of ether oxygens (including phenoxy) is 2. The van der Waals surface area contributed by atoms with Crippen molar-refractivity contribution in [2.24, 2.45) is 0 Å². The number of nitrogens with one attached hydrogen (secondary N) is 1. The number of benzene rings is 2. The van der Waals surface area contributed by atoms with Crippen molar-refractivity contribution < 1.29 is 14.3 Å². The van der Waals surface area contributed by atoms with Crippen LogP contribution in [0.1, 0.15) is 29.2 Å². The second-order valence-corrected chi connectivity index (χ2v) is 7.45. The maximum absolute atomic E-state index is 12.4. The lowest BCUT2D eigenvalue weighted by atomic mass is 10.1. The van der Waals surface area contributed by atoms with Crippen LogP contribution in [-0.2, 0) is 22.6 Å². The molecule has 2 aromatic carbocycles. The maximum Gasteiger partial charge on any atom is 0.261 e. The molecule has 1 atom stereocenters. The van der Waals surface area contributed by atoms with Crippen LogP contribution in [-0.4, -0.2) is 43.2 Å². The number of hydrogen-bond acceptors (Lipinski definition) is 4. The van der Waals surface area contributed by atoms with Gasteiger partial charge in [-0.3, -0.25) is 9.69 Å². The van der Waals surface area contributed by atoms with Crippen LogP contribution in [0.15, 0.2) is 42.5 Å². The van der Waals surface area contributed by atoms with Crippen LogP contribution in [0.3, 0.4) is 0 Å². The molecule has 0 bridgehead atoms. The molecule has 150 valence electrons. The first-order chi connectivity index (χ1) is 13.5. The van der Waals surface area contributed by atoms with E-state index in [9.17, 15) is 4.79 Å². The van der Waals surface area contributed by atoms with E-state index in [1.807, 2.05) is 26.0 Å². The van der Waals surface area contributed by atoms with Crippen LogP contribution >= 0.6 is 0 Å². The third-order valence-corrected chi connectivity index (χ3v) is 5.00. The molecule has 1 N–H and O–H groups in total. The number of amides is 1. The zero-order valence-corrected chi connectivity index (χ0v) is 17.0. The summed E-state index contributed by atoms with van der Waals surface area (Å²) in [5.74, 6) is 0.637. The lowest BCUT2D eigenvalue weighted by Gasteiger charge is -2.26. The van der Waals surface area contributed by atoms with Crippen molar-refractivity contribution in [3.8, 4) is 5.75 Å². The molecule has 1 saturated heterocycles. The van der Waals surface area contributed by atoms with Gasteiger partial charge in [0.1, 0.15) is 5.75 Å². The fraction of sp³-hybridized carbons (Fsp3) is 0.435. The molecule has 0 aliphatic carbocycles. The molecule has 0 saturated carbocycles. The summed E-state index contributed by atoms with van der Waals surface area (Å²) >= 11 is 0. The average molecular weight is 383 g/mol. The van der Waals surface area contributed by atoms with E-state index in [1.54, 1.807) is 6.92 Å². The Morgan fingerprint density at radius 1 is 1.11 bits per heavy atom. The molecule has 5 nitrogen and oxygen atoms in total. The van der Waals surface area contributed by atoms with Gasteiger partial charge in [0.15, 0.2) is 6.10 Å². The van der Waals surface area contributed by atoms with Crippen LogP contribution in [0, 0.1) is 13.8 Å². The summed E-state index contributed by atoms with van der Waals surface area (Å²) < 4.78 is 11.2. The predicted octanol–water partition coefficient (Wildman–Crippen LogP) is 3.22. The Balaban J connectivity index is 1.46. The Morgan fingerprint density at radius 2 is 1.79 bits per heavy atom. The fourth-order valence-corrected chi connectivity index (χ4v) is 3.29. The maximum atomic E-state index is 12.4. The van der Waals surface area contributed by atoms with Gasteiger partial charge in [-0.25, -0.2) is 0 Å². The van der Waals surface area contributed by atoms with Gasteiger partial charge >= 0.3 is 0 Å². The summed E-state index contributed by atoms with van der Waals surface area (Å²) in [5.41, 5.74) is 4.58. The lowest BCUT2D eigenvalue weighted by molar-refractivity contribution is -0.127. The number of rotatable bonds is 7. The van der Waals surface area contributed by atoms with E-state index in [0.717, 1.165) is 49.7 Å². The average Bonchev–Trinajstić information content (AvgIpc) is 2.70. The Kier molecular flexibility index (Phi) is 7.06. The number of aryl methyl sites for hydroxylation is 2. The Labute approximate surface area is 167 Å². The molecule has 1 amide bonds. The monoisotopic (exact) mass is 382 g/mol. The van der Waals surface area contributed by atoms with Gasteiger partial charge in [-0.2, -0.15) is 0 Å². The first kappa shape index (κ1) is 20.4. The molecular weight excluding hydrogens is 352 g/mol. The molecule has 2 aromatic rings. The highest BCUT2D eigenvalue weighted by atomic mass is 16.5. The topological polar surface area (TPSA) is 50.8 Å². The summed E-state index contributed by atoms with van der Waals surface area (Å²) in [6.45, 7) is 10.8. The van der Waals surface area contributed by atoms with Gasteiger partial charge in [0.2, 0.25) is 0 Å². The van der Waals surface area contributed by atoms with Gasteiger partial charge < -0.3 is 14.8 Å². The van der Waals surface area contributed by atoms with Crippen LogP contribution < -0.4 is 10.1 Å². The molecular formula is C23H30N2O3. The number of morpholine rings is 1. The quantitative estimate of drug-likeness (QED) is 0.799. The van der Waals surface area contributed by atoms with E-state index < -0.39 is 6.10 Å². The van der Waals surface area contributed by atoms with Crippen molar-refractivity contribution in [1.29, 1.82) is 0 Å². The molecule has 0 radical (unpaired) electrons. The smallest absolute Gasteiger partial charge is 0.261 e. The fourth-order valence-electron chi connectivity index (χ4n) is 3.29. The molecule has 5 heteroatoms. The zero-order valence-electron chi connectivity index (χ0n) is 17.0. The molecule has 28 heavy (non-hydrogen) atoms. The minimum Gasteiger partial charge on any atom is -0.481 e. The van der Waals surface area contributed by atoms with Crippen molar-refractivity contribution in [3.05, 3.63) is 64.7 Å². The van der Waals surface area contributed by atoms with Gasteiger partial charge in [0, 0.05) is 26.2 Å². The highest BCUT2D eigenvalue weighted by Crippen LogP contribution is 2.20. The first-order valence-corrected chi connectivity index (χ1v) is 9.91. The second kappa shape index (κ2) is 9.71. The van der Waals surface area contributed by atoms with Crippen LogP contribution in [0.25, 0.3) is 0 Å². The summed E-state index contributed by atoms with van der Waals surface area (Å²) in [6.07, 6.45) is -0.540. The summed E-state index contributed by atoms with van der Waals surface area (Å²) in [6, 6.07) is 14.4. The van der Waals surface area contributed by atoms with Crippen LogP contribution in [0.2, 0.25) is 0 Å². The molecule has 0 aromatic heterocycles. The lowest BCUT2D eigenvalue weighted by Crippen LogP contribution is -2.36. The minimum absolute atomic E-state index is 0.114. The second-order valence-electron chi connectivity index (χ2n) is 7.45. The predicted molar refractivity (Wildman–Crippen MR) is 110 cm³/mol. The molecule has 1 fully saturated rings. The molecule has 1 aliphatic heterocycles. The standard InChI is InChI=1S/C23H30N2O3/c1-17-4-9-22(18(2)14-17)28-19(3)23(26)24-15-20-5-7-21(8-6-20)16-25-10-12-27-13-11-25/h4-9,14,19H,10-13,15-16H2,1-3H3,(H,24,26)/t19-/m1/s1. The van der Waals surface area contributed by atoms with Gasteiger partial charge in [0.25, 0.3) is 5.91 Å². The number of nitrogens with zero attached hydrogens (tertiary/aromatic N) is 1. The van der Waals surface area contributed by atoms with Crippen molar-refractivity contribution in [2.45, 2.75) is 40.0 Å². The number of hydrogen-bond donors (Lipinski definition) is 1. The molecule has 1 heterocycles.